The van der Waals surface area contributed by atoms with E-state index in [-0.39, 0.29) is 0 Å². The van der Waals surface area contributed by atoms with E-state index in [4.69, 9.17) is 18.9 Å². The van der Waals surface area contributed by atoms with Gasteiger partial charge in [-0.2, -0.15) is 0 Å². The first kappa shape index (κ1) is 20.7. The monoisotopic (exact) mass is 387 g/mol. The van der Waals surface area contributed by atoms with Crippen LogP contribution in [0.1, 0.15) is 31.9 Å². The number of ether oxygens (including phenoxy) is 2. The van der Waals surface area contributed by atoms with E-state index in [1.165, 1.54) is 0 Å². The molecule has 2 aromatic rings. The summed E-state index contributed by atoms with van der Waals surface area (Å²) in [6.07, 6.45) is 3.17. The molecule has 0 aliphatic carbocycles. The highest BCUT2D eigenvalue weighted by molar-refractivity contribution is 5.80. The molecule has 28 heavy (non-hydrogen) atoms. The second-order valence-electron chi connectivity index (χ2n) is 7.33. The highest BCUT2D eigenvalue weighted by Gasteiger charge is 2.13. The van der Waals surface area contributed by atoms with Crippen molar-refractivity contribution in [3.05, 3.63) is 36.1 Å². The van der Waals surface area contributed by atoms with Crippen LogP contribution in [0.5, 0.6) is 0 Å². The van der Waals surface area contributed by atoms with Crippen LogP contribution in [0.2, 0.25) is 0 Å². The lowest BCUT2D eigenvalue weighted by Crippen LogP contribution is -2.38. The Morgan fingerprint density at radius 2 is 2.11 bits per heavy atom. The molecule has 3 rings (SSSR count). The van der Waals surface area contributed by atoms with Gasteiger partial charge >= 0.3 is 0 Å². The summed E-state index contributed by atoms with van der Waals surface area (Å²) < 4.78 is 17.1. The lowest BCUT2D eigenvalue weighted by atomic mass is 10.0. The standard InChI is InChI=1S/C22H33N3O3/c1-3-23-22(24-11-6-12-27-17-18-9-13-26-14-10-18)25(2)16-20-15-19-7-4-5-8-21(19)28-20/h4-5,7-8,15,18H,3,6,9-14,16-17H2,1-2H3,(H,23,24). The zero-order valence-electron chi connectivity index (χ0n) is 17.2. The van der Waals surface area contributed by atoms with Gasteiger partial charge in [-0.15, -0.1) is 0 Å². The second kappa shape index (κ2) is 11.1. The lowest BCUT2D eigenvalue weighted by molar-refractivity contribution is 0.0205. The van der Waals surface area contributed by atoms with Crippen molar-refractivity contribution in [2.75, 3.05) is 46.6 Å². The quantitative estimate of drug-likeness (QED) is 0.404. The van der Waals surface area contributed by atoms with Crippen molar-refractivity contribution >= 4 is 16.9 Å². The normalized spacial score (nSPS) is 15.9. The number of benzene rings is 1. The predicted molar refractivity (Wildman–Crippen MR) is 113 cm³/mol. The smallest absolute Gasteiger partial charge is 0.194 e. The van der Waals surface area contributed by atoms with Crippen LogP contribution in [-0.2, 0) is 16.0 Å². The van der Waals surface area contributed by atoms with E-state index in [1.54, 1.807) is 0 Å². The van der Waals surface area contributed by atoms with Crippen LogP contribution in [0.3, 0.4) is 0 Å². The van der Waals surface area contributed by atoms with Crippen molar-refractivity contribution in [2.24, 2.45) is 10.9 Å². The van der Waals surface area contributed by atoms with E-state index in [1.807, 2.05) is 25.2 Å². The highest BCUT2D eigenvalue weighted by Crippen LogP contribution is 2.19. The molecule has 0 saturated carbocycles. The van der Waals surface area contributed by atoms with E-state index in [0.717, 1.165) is 81.5 Å². The van der Waals surface area contributed by atoms with Crippen LogP contribution in [0, 0.1) is 5.92 Å². The minimum atomic E-state index is 0.657. The highest BCUT2D eigenvalue weighted by atomic mass is 16.5. The third-order valence-electron chi connectivity index (χ3n) is 4.97. The fourth-order valence-corrected chi connectivity index (χ4v) is 3.41. The Labute approximate surface area is 167 Å². The molecule has 1 aliphatic heterocycles. The molecule has 1 fully saturated rings. The molecule has 0 radical (unpaired) electrons. The van der Waals surface area contributed by atoms with E-state index < -0.39 is 0 Å². The van der Waals surface area contributed by atoms with Crippen LogP contribution in [0.25, 0.3) is 11.0 Å². The maximum absolute atomic E-state index is 5.93. The van der Waals surface area contributed by atoms with E-state index in [0.29, 0.717) is 12.5 Å². The summed E-state index contributed by atoms with van der Waals surface area (Å²) in [5, 5.41) is 4.49. The number of aliphatic imine (C=N–C) groups is 1. The summed E-state index contributed by atoms with van der Waals surface area (Å²) in [4.78, 5) is 6.84. The number of nitrogens with zero attached hydrogens (tertiary/aromatic N) is 2. The molecule has 2 heterocycles. The number of hydrogen-bond acceptors (Lipinski definition) is 4. The number of hydrogen-bond donors (Lipinski definition) is 1. The second-order valence-corrected chi connectivity index (χ2v) is 7.33. The summed E-state index contributed by atoms with van der Waals surface area (Å²) in [7, 11) is 2.04. The molecule has 0 amide bonds. The largest absolute Gasteiger partial charge is 0.459 e. The molecule has 154 valence electrons. The zero-order valence-corrected chi connectivity index (χ0v) is 17.2. The van der Waals surface area contributed by atoms with Crippen molar-refractivity contribution in [3.63, 3.8) is 0 Å². The van der Waals surface area contributed by atoms with Gasteiger partial charge in [0.1, 0.15) is 11.3 Å². The molecule has 0 spiro atoms. The number of para-hydroxylation sites is 1. The molecule has 1 saturated heterocycles. The Morgan fingerprint density at radius 3 is 2.89 bits per heavy atom. The third-order valence-corrected chi connectivity index (χ3v) is 4.97. The Hall–Kier alpha value is -2.05. The van der Waals surface area contributed by atoms with Gasteiger partial charge in [0.15, 0.2) is 5.96 Å². The average molecular weight is 388 g/mol. The SMILES string of the molecule is CCNC(=NCCCOCC1CCOCC1)N(C)Cc1cc2ccccc2o1. The van der Waals surface area contributed by atoms with Gasteiger partial charge in [-0.3, -0.25) is 4.99 Å². The molecule has 6 nitrogen and oxygen atoms in total. The van der Waals surface area contributed by atoms with Crippen molar-refractivity contribution in [1.82, 2.24) is 10.2 Å². The number of rotatable bonds is 9. The fraction of sp³-hybridized carbons (Fsp3) is 0.591. The van der Waals surface area contributed by atoms with Crippen LogP contribution in [0.4, 0.5) is 0 Å². The predicted octanol–water partition coefficient (Wildman–Crippen LogP) is 3.66. The van der Waals surface area contributed by atoms with Crippen molar-refractivity contribution in [2.45, 2.75) is 32.7 Å². The van der Waals surface area contributed by atoms with Gasteiger partial charge in [-0.05, 0) is 44.2 Å². The lowest BCUT2D eigenvalue weighted by Gasteiger charge is -2.22. The van der Waals surface area contributed by atoms with Gasteiger partial charge in [0.2, 0.25) is 0 Å². The summed E-state index contributed by atoms with van der Waals surface area (Å²) in [5.74, 6) is 2.49. The topological polar surface area (TPSA) is 59.2 Å². The van der Waals surface area contributed by atoms with E-state index in [2.05, 4.69) is 29.3 Å². The molecule has 1 aromatic heterocycles. The zero-order chi connectivity index (χ0) is 19.6. The summed E-state index contributed by atoms with van der Waals surface area (Å²) in [6, 6.07) is 10.2. The fourth-order valence-electron chi connectivity index (χ4n) is 3.41. The van der Waals surface area contributed by atoms with Gasteiger partial charge in [0.25, 0.3) is 0 Å². The van der Waals surface area contributed by atoms with Gasteiger partial charge in [-0.25, -0.2) is 0 Å². The molecular weight excluding hydrogens is 354 g/mol. The minimum absolute atomic E-state index is 0.657. The van der Waals surface area contributed by atoms with Crippen LogP contribution in [-0.4, -0.2) is 57.4 Å². The van der Waals surface area contributed by atoms with E-state index in [9.17, 15) is 0 Å². The summed E-state index contributed by atoms with van der Waals surface area (Å²) in [5.41, 5.74) is 0.925. The van der Waals surface area contributed by atoms with Gasteiger partial charge < -0.3 is 24.1 Å². The molecule has 0 atom stereocenters. The molecule has 6 heteroatoms. The maximum Gasteiger partial charge on any atom is 0.194 e. The Balaban J connectivity index is 1.43. The Bertz CT molecular complexity index is 704. The maximum atomic E-state index is 5.93. The first-order valence-electron chi connectivity index (χ1n) is 10.4. The number of furan rings is 1. The first-order chi connectivity index (χ1) is 13.8. The van der Waals surface area contributed by atoms with Crippen molar-refractivity contribution in [3.8, 4) is 0 Å². The first-order valence-corrected chi connectivity index (χ1v) is 10.4. The molecular formula is C22H33N3O3. The number of fused-ring (bicyclic) bond motifs is 1. The van der Waals surface area contributed by atoms with E-state index >= 15 is 0 Å². The van der Waals surface area contributed by atoms with Gasteiger partial charge in [-0.1, -0.05) is 18.2 Å². The molecule has 0 bridgehead atoms. The van der Waals surface area contributed by atoms with Crippen LogP contribution >= 0.6 is 0 Å². The summed E-state index contributed by atoms with van der Waals surface area (Å²) >= 11 is 0. The molecule has 0 unspecified atom stereocenters. The number of guanidine groups is 1. The molecule has 1 aliphatic rings. The minimum Gasteiger partial charge on any atom is -0.459 e. The third kappa shape index (κ3) is 6.24. The number of nitrogens with one attached hydrogen (secondary N) is 1. The Morgan fingerprint density at radius 1 is 1.29 bits per heavy atom. The Kier molecular flexibility index (Phi) is 8.18. The van der Waals surface area contributed by atoms with Gasteiger partial charge in [0.05, 0.1) is 6.54 Å². The van der Waals surface area contributed by atoms with Crippen molar-refractivity contribution in [1.29, 1.82) is 0 Å². The van der Waals surface area contributed by atoms with Crippen molar-refractivity contribution < 1.29 is 13.9 Å². The summed E-state index contributed by atoms with van der Waals surface area (Å²) in [6.45, 7) is 7.71. The van der Waals surface area contributed by atoms with Crippen LogP contribution in [0.15, 0.2) is 39.7 Å². The van der Waals surface area contributed by atoms with Gasteiger partial charge in [0, 0.05) is 52.0 Å². The average Bonchev–Trinajstić information content (AvgIpc) is 3.12. The molecule has 1 N–H and O–H groups in total. The molecule has 1 aromatic carbocycles. The van der Waals surface area contributed by atoms with Crippen LogP contribution < -0.4 is 5.32 Å².